The fourth-order valence-electron chi connectivity index (χ4n) is 1.34. The molecule has 0 fully saturated rings. The zero-order valence-electron chi connectivity index (χ0n) is 9.17. The normalized spacial score (nSPS) is 13.5. The molecule has 4 heteroatoms. The van der Waals surface area contributed by atoms with Crippen LogP contribution >= 0.6 is 0 Å². The van der Waals surface area contributed by atoms with Crippen LogP contribution in [0.2, 0.25) is 0 Å². The molecule has 0 bridgehead atoms. The van der Waals surface area contributed by atoms with Gasteiger partial charge >= 0.3 is 0 Å². The van der Waals surface area contributed by atoms with Crippen molar-refractivity contribution in [1.29, 1.82) is 0 Å². The number of ether oxygens (including phenoxy) is 1. The molecule has 0 saturated heterocycles. The Morgan fingerprint density at radius 2 is 2.06 bits per heavy atom. The molecule has 1 amide bonds. The summed E-state index contributed by atoms with van der Waals surface area (Å²) >= 11 is 0. The molecule has 0 saturated carbocycles. The molecule has 17 heavy (non-hydrogen) atoms. The van der Waals surface area contributed by atoms with Crippen molar-refractivity contribution in [3.63, 3.8) is 0 Å². The van der Waals surface area contributed by atoms with Crippen molar-refractivity contribution >= 4 is 11.6 Å². The fraction of sp³-hybridized carbons (Fsp3) is 0.0769. The Hall–Kier alpha value is -2.36. The van der Waals surface area contributed by atoms with Gasteiger partial charge in [0.05, 0.1) is 12.5 Å². The van der Waals surface area contributed by atoms with Crippen molar-refractivity contribution in [3.8, 4) is 0 Å². The van der Waals surface area contributed by atoms with Crippen LogP contribution in [-0.4, -0.2) is 11.6 Å². The van der Waals surface area contributed by atoms with E-state index < -0.39 is 0 Å². The standard InChI is InChI=1S/C13H12N2O2/c16-13(12-6-8-17-9-7-14-12)15-10-11-4-2-1-3-5-11/h1-9H,10H2,(H,15,16). The topological polar surface area (TPSA) is 50.7 Å². The smallest absolute Gasteiger partial charge is 0.270 e. The van der Waals surface area contributed by atoms with E-state index in [9.17, 15) is 4.79 Å². The fourth-order valence-corrected chi connectivity index (χ4v) is 1.34. The minimum Gasteiger partial charge on any atom is -0.471 e. The summed E-state index contributed by atoms with van der Waals surface area (Å²) in [7, 11) is 0. The number of aliphatic imine (C=N–C) groups is 1. The van der Waals surface area contributed by atoms with Crippen LogP contribution in [0.1, 0.15) is 5.56 Å². The quantitative estimate of drug-likeness (QED) is 0.857. The van der Waals surface area contributed by atoms with Crippen molar-refractivity contribution in [2.75, 3.05) is 0 Å². The summed E-state index contributed by atoms with van der Waals surface area (Å²) in [6, 6.07) is 9.70. The monoisotopic (exact) mass is 228 g/mol. The third-order valence-corrected chi connectivity index (χ3v) is 2.19. The lowest BCUT2D eigenvalue weighted by Crippen LogP contribution is -2.29. The van der Waals surface area contributed by atoms with E-state index in [1.54, 1.807) is 0 Å². The SMILES string of the molecule is O=C(NCc1ccccc1)C1=NC=COC=C1. The molecule has 2 rings (SSSR count). The molecule has 0 atom stereocenters. The zero-order chi connectivity index (χ0) is 11.9. The van der Waals surface area contributed by atoms with Gasteiger partial charge in [-0.25, -0.2) is 4.99 Å². The largest absolute Gasteiger partial charge is 0.471 e. The molecule has 0 spiro atoms. The number of hydrogen-bond acceptors (Lipinski definition) is 3. The van der Waals surface area contributed by atoms with E-state index in [0.29, 0.717) is 12.3 Å². The maximum Gasteiger partial charge on any atom is 0.270 e. The Kier molecular flexibility index (Phi) is 3.70. The van der Waals surface area contributed by atoms with Crippen LogP contribution in [0.5, 0.6) is 0 Å². The number of hydrogen-bond donors (Lipinski definition) is 1. The number of nitrogens with one attached hydrogen (secondary N) is 1. The number of rotatable bonds is 3. The average molecular weight is 228 g/mol. The van der Waals surface area contributed by atoms with Crippen LogP contribution in [0.3, 0.4) is 0 Å². The van der Waals surface area contributed by atoms with Crippen molar-refractivity contribution in [3.05, 3.63) is 60.7 Å². The van der Waals surface area contributed by atoms with Crippen molar-refractivity contribution in [2.45, 2.75) is 6.54 Å². The Balaban J connectivity index is 1.94. The summed E-state index contributed by atoms with van der Waals surface area (Å²) in [5.74, 6) is -0.222. The Bertz CT molecular complexity index is 475. The van der Waals surface area contributed by atoms with Gasteiger partial charge in [-0.1, -0.05) is 30.3 Å². The number of carbonyl (C=O) groups excluding carboxylic acids is 1. The number of nitrogens with zero attached hydrogens (tertiary/aromatic N) is 1. The molecule has 1 heterocycles. The number of amides is 1. The number of benzene rings is 1. The van der Waals surface area contributed by atoms with Gasteiger partial charge in [0, 0.05) is 12.6 Å². The molecule has 86 valence electrons. The summed E-state index contributed by atoms with van der Waals surface area (Å²) in [5, 5.41) is 2.79. The predicted octanol–water partition coefficient (Wildman–Crippen LogP) is 1.76. The zero-order valence-corrected chi connectivity index (χ0v) is 9.17. The van der Waals surface area contributed by atoms with Crippen molar-refractivity contribution in [2.24, 2.45) is 4.99 Å². The Morgan fingerprint density at radius 3 is 2.88 bits per heavy atom. The second-order valence-electron chi connectivity index (χ2n) is 3.41. The molecule has 1 aliphatic rings. The maximum atomic E-state index is 11.7. The van der Waals surface area contributed by atoms with Crippen LogP contribution in [0.25, 0.3) is 0 Å². The third-order valence-electron chi connectivity index (χ3n) is 2.19. The van der Waals surface area contributed by atoms with Crippen molar-refractivity contribution in [1.82, 2.24) is 5.32 Å². The first kappa shape index (κ1) is 11.1. The van der Waals surface area contributed by atoms with Gasteiger partial charge in [-0.2, -0.15) is 0 Å². The minimum absolute atomic E-state index is 0.222. The Labute approximate surface area is 99.3 Å². The first-order chi connectivity index (χ1) is 8.36. The second kappa shape index (κ2) is 5.65. The van der Waals surface area contributed by atoms with E-state index in [1.165, 1.54) is 24.8 Å². The van der Waals surface area contributed by atoms with Crippen LogP contribution in [-0.2, 0) is 16.1 Å². The molecule has 4 nitrogen and oxygen atoms in total. The number of carbonyl (C=O) groups is 1. The van der Waals surface area contributed by atoms with Crippen LogP contribution in [0.15, 0.2) is 60.1 Å². The minimum atomic E-state index is -0.222. The second-order valence-corrected chi connectivity index (χ2v) is 3.41. The van der Waals surface area contributed by atoms with E-state index >= 15 is 0 Å². The van der Waals surface area contributed by atoms with E-state index in [4.69, 9.17) is 4.74 Å². The summed E-state index contributed by atoms with van der Waals surface area (Å²) in [6.45, 7) is 0.483. The third kappa shape index (κ3) is 3.31. The molecule has 1 N–H and O–H groups in total. The lowest BCUT2D eigenvalue weighted by Gasteiger charge is -2.04. The van der Waals surface area contributed by atoms with E-state index in [1.807, 2.05) is 30.3 Å². The molecule has 0 unspecified atom stereocenters. The summed E-state index contributed by atoms with van der Waals surface area (Å²) in [5.41, 5.74) is 1.38. The van der Waals surface area contributed by atoms with Gasteiger partial charge in [0.25, 0.3) is 5.91 Å². The highest BCUT2D eigenvalue weighted by Crippen LogP contribution is 1.98. The van der Waals surface area contributed by atoms with Gasteiger partial charge in [-0.3, -0.25) is 4.79 Å². The predicted molar refractivity (Wildman–Crippen MR) is 65.1 cm³/mol. The van der Waals surface area contributed by atoms with Crippen LogP contribution in [0.4, 0.5) is 0 Å². The average Bonchev–Trinajstić information content (AvgIpc) is 2.66. The van der Waals surface area contributed by atoms with E-state index in [-0.39, 0.29) is 5.91 Å². The first-order valence-corrected chi connectivity index (χ1v) is 5.23. The van der Waals surface area contributed by atoms with Gasteiger partial charge in [0.1, 0.15) is 12.0 Å². The summed E-state index contributed by atoms with van der Waals surface area (Å²) < 4.78 is 4.88. The molecule has 1 aromatic rings. The summed E-state index contributed by atoms with van der Waals surface area (Å²) in [6.07, 6.45) is 5.80. The molecular formula is C13H12N2O2. The highest BCUT2D eigenvalue weighted by Gasteiger charge is 2.07. The van der Waals surface area contributed by atoms with Gasteiger partial charge in [-0.15, -0.1) is 0 Å². The molecule has 0 radical (unpaired) electrons. The molecule has 1 aliphatic heterocycles. The van der Waals surface area contributed by atoms with Gasteiger partial charge in [-0.05, 0) is 5.56 Å². The maximum absolute atomic E-state index is 11.7. The molecule has 0 aliphatic carbocycles. The highest BCUT2D eigenvalue weighted by atomic mass is 16.5. The lowest BCUT2D eigenvalue weighted by atomic mass is 10.2. The lowest BCUT2D eigenvalue weighted by molar-refractivity contribution is -0.114. The first-order valence-electron chi connectivity index (χ1n) is 5.23. The van der Waals surface area contributed by atoms with Gasteiger partial charge in [0.2, 0.25) is 0 Å². The van der Waals surface area contributed by atoms with Crippen LogP contribution in [0, 0.1) is 0 Å². The van der Waals surface area contributed by atoms with E-state index in [0.717, 1.165) is 5.56 Å². The van der Waals surface area contributed by atoms with Gasteiger partial charge in [0.15, 0.2) is 0 Å². The van der Waals surface area contributed by atoms with E-state index in [2.05, 4.69) is 10.3 Å². The Morgan fingerprint density at radius 1 is 1.24 bits per heavy atom. The van der Waals surface area contributed by atoms with Gasteiger partial charge < -0.3 is 10.1 Å². The molecule has 0 aromatic heterocycles. The van der Waals surface area contributed by atoms with Crippen LogP contribution < -0.4 is 5.32 Å². The highest BCUT2D eigenvalue weighted by molar-refractivity contribution is 6.43. The van der Waals surface area contributed by atoms with Crippen molar-refractivity contribution < 1.29 is 9.53 Å². The molecule has 1 aromatic carbocycles. The molecular weight excluding hydrogens is 216 g/mol. The summed E-state index contributed by atoms with van der Waals surface area (Å²) in [4.78, 5) is 15.7.